The fourth-order valence-electron chi connectivity index (χ4n) is 3.74. The Bertz CT molecular complexity index is 1220. The number of imide groups is 1. The lowest BCUT2D eigenvalue weighted by atomic mass is 9.94. The average Bonchev–Trinajstić information content (AvgIpc) is 3.28. The van der Waals surface area contributed by atoms with E-state index in [4.69, 9.17) is 4.84 Å². The fraction of sp³-hybridized carbons (Fsp3) is 0.0952. The highest BCUT2D eigenvalue weighted by atomic mass is 16.7. The van der Waals surface area contributed by atoms with E-state index in [1.165, 1.54) is 24.3 Å². The molecule has 0 aromatic heterocycles. The van der Waals surface area contributed by atoms with E-state index >= 15 is 0 Å². The Kier molecular flexibility index (Phi) is 3.67. The lowest BCUT2D eigenvalue weighted by Crippen LogP contribution is -2.33. The first-order chi connectivity index (χ1) is 14.0. The average molecular weight is 387 g/mol. The first kappa shape index (κ1) is 17.1. The van der Waals surface area contributed by atoms with Gasteiger partial charge >= 0.3 is 0 Å². The van der Waals surface area contributed by atoms with Crippen LogP contribution in [0.25, 0.3) is 10.8 Å². The van der Waals surface area contributed by atoms with Gasteiger partial charge in [0.1, 0.15) is 11.6 Å². The molecule has 29 heavy (non-hydrogen) atoms. The second-order valence-electron chi connectivity index (χ2n) is 6.83. The largest absolute Gasteiger partial charge is 0.381 e. The summed E-state index contributed by atoms with van der Waals surface area (Å²) in [5.74, 6) is -1.78. The van der Waals surface area contributed by atoms with E-state index < -0.39 is 28.8 Å². The molecule has 2 aliphatic heterocycles. The molecule has 2 aliphatic rings. The molecule has 1 saturated heterocycles. The lowest BCUT2D eigenvalue weighted by molar-refractivity contribution is -0.384. The molecule has 2 unspecified atom stereocenters. The maximum absolute atomic E-state index is 13.1. The summed E-state index contributed by atoms with van der Waals surface area (Å²) in [7, 11) is 0. The van der Waals surface area contributed by atoms with Crippen LogP contribution in [0.3, 0.4) is 0 Å². The van der Waals surface area contributed by atoms with Gasteiger partial charge in [-0.2, -0.15) is 0 Å². The summed E-state index contributed by atoms with van der Waals surface area (Å²) in [4.78, 5) is 42.8. The molecule has 0 saturated carbocycles. The van der Waals surface area contributed by atoms with E-state index in [1.54, 1.807) is 12.1 Å². The first-order valence-electron chi connectivity index (χ1n) is 8.90. The number of non-ortho nitro benzene ring substituents is 1. The Morgan fingerprint density at radius 1 is 0.931 bits per heavy atom. The second kappa shape index (κ2) is 6.23. The lowest BCUT2D eigenvalue weighted by Gasteiger charge is -2.16. The van der Waals surface area contributed by atoms with Crippen LogP contribution in [-0.4, -0.2) is 28.6 Å². The number of benzene rings is 3. The maximum atomic E-state index is 13.1. The summed E-state index contributed by atoms with van der Waals surface area (Å²) in [6.07, 6.45) is -1.03. The highest BCUT2D eigenvalue weighted by Gasteiger charge is 2.56. The number of fused-ring (bicyclic) bond motifs is 2. The molecule has 0 bridgehead atoms. The van der Waals surface area contributed by atoms with Gasteiger partial charge in [0, 0.05) is 17.7 Å². The number of anilines is 1. The Hall–Kier alpha value is -4.07. The van der Waals surface area contributed by atoms with Gasteiger partial charge in [0.05, 0.1) is 10.6 Å². The molecular formula is C21H13N3O5. The quantitative estimate of drug-likeness (QED) is 0.390. The minimum absolute atomic E-state index is 0.0727. The van der Waals surface area contributed by atoms with Crippen molar-refractivity contribution in [3.05, 3.63) is 82.4 Å². The zero-order valence-corrected chi connectivity index (χ0v) is 14.9. The summed E-state index contributed by atoms with van der Waals surface area (Å²) in [6.45, 7) is 0. The topological polar surface area (TPSA) is 102 Å². The van der Waals surface area contributed by atoms with Crippen molar-refractivity contribution in [1.29, 1.82) is 0 Å². The molecule has 8 nitrogen and oxygen atoms in total. The third-order valence-electron chi connectivity index (χ3n) is 5.18. The minimum atomic E-state index is -1.03. The molecule has 142 valence electrons. The Balaban J connectivity index is 1.49. The Morgan fingerprint density at radius 2 is 1.66 bits per heavy atom. The van der Waals surface area contributed by atoms with E-state index in [0.29, 0.717) is 17.0 Å². The van der Waals surface area contributed by atoms with Crippen LogP contribution in [0.1, 0.15) is 5.56 Å². The summed E-state index contributed by atoms with van der Waals surface area (Å²) in [5, 5.41) is 16.7. The third kappa shape index (κ3) is 2.57. The van der Waals surface area contributed by atoms with Crippen LogP contribution in [0.4, 0.5) is 11.4 Å². The number of nitro benzene ring substituents is 1. The third-order valence-corrected chi connectivity index (χ3v) is 5.18. The van der Waals surface area contributed by atoms with Crippen molar-refractivity contribution in [2.75, 3.05) is 4.90 Å². The molecule has 2 amide bonds. The predicted molar refractivity (Wildman–Crippen MR) is 104 cm³/mol. The molecule has 2 heterocycles. The monoisotopic (exact) mass is 387 g/mol. The van der Waals surface area contributed by atoms with Gasteiger partial charge in [0.25, 0.3) is 11.6 Å². The van der Waals surface area contributed by atoms with Crippen molar-refractivity contribution < 1.29 is 19.3 Å². The molecule has 3 aromatic carbocycles. The van der Waals surface area contributed by atoms with Crippen LogP contribution in [-0.2, 0) is 14.4 Å². The number of nitro groups is 1. The van der Waals surface area contributed by atoms with E-state index in [2.05, 4.69) is 5.16 Å². The van der Waals surface area contributed by atoms with Crippen molar-refractivity contribution in [2.24, 2.45) is 11.1 Å². The zero-order chi connectivity index (χ0) is 20.1. The molecule has 0 spiro atoms. The molecule has 1 fully saturated rings. The number of carbonyl (C=O) groups is 2. The summed E-state index contributed by atoms with van der Waals surface area (Å²) < 4.78 is 0. The van der Waals surface area contributed by atoms with Gasteiger partial charge in [-0.1, -0.05) is 35.5 Å². The predicted octanol–water partition coefficient (Wildman–Crippen LogP) is 3.04. The van der Waals surface area contributed by atoms with Crippen molar-refractivity contribution in [3.8, 4) is 0 Å². The van der Waals surface area contributed by atoms with Crippen LogP contribution in [0.15, 0.2) is 71.9 Å². The number of hydrogen-bond donors (Lipinski definition) is 0. The van der Waals surface area contributed by atoms with E-state index in [9.17, 15) is 19.7 Å². The molecular weight excluding hydrogens is 374 g/mol. The van der Waals surface area contributed by atoms with E-state index in [0.717, 1.165) is 15.7 Å². The maximum Gasteiger partial charge on any atom is 0.278 e. The number of nitrogens with zero attached hydrogens (tertiary/aromatic N) is 3. The number of amides is 2. The summed E-state index contributed by atoms with van der Waals surface area (Å²) in [6, 6.07) is 18.7. The molecule has 3 aromatic rings. The van der Waals surface area contributed by atoms with Gasteiger partial charge in [-0.25, -0.2) is 4.90 Å². The van der Waals surface area contributed by atoms with Crippen LogP contribution >= 0.6 is 0 Å². The van der Waals surface area contributed by atoms with Gasteiger partial charge < -0.3 is 4.84 Å². The fourth-order valence-corrected chi connectivity index (χ4v) is 3.74. The first-order valence-corrected chi connectivity index (χ1v) is 8.90. The molecule has 8 heteroatoms. The van der Waals surface area contributed by atoms with Gasteiger partial charge in [0.2, 0.25) is 12.0 Å². The van der Waals surface area contributed by atoms with Crippen molar-refractivity contribution >= 4 is 39.7 Å². The molecule has 0 N–H and O–H groups in total. The van der Waals surface area contributed by atoms with Gasteiger partial charge in [0.15, 0.2) is 0 Å². The van der Waals surface area contributed by atoms with Crippen LogP contribution in [0.5, 0.6) is 0 Å². The normalized spacial score (nSPS) is 20.6. The van der Waals surface area contributed by atoms with Crippen LogP contribution in [0.2, 0.25) is 0 Å². The Morgan fingerprint density at radius 3 is 2.38 bits per heavy atom. The highest BCUT2D eigenvalue weighted by Crippen LogP contribution is 2.36. The zero-order valence-electron chi connectivity index (χ0n) is 14.9. The second-order valence-corrected chi connectivity index (χ2v) is 6.83. The van der Waals surface area contributed by atoms with Gasteiger partial charge in [-0.15, -0.1) is 0 Å². The Labute approximate surface area is 164 Å². The summed E-state index contributed by atoms with van der Waals surface area (Å²) in [5.41, 5.74) is 1.20. The van der Waals surface area contributed by atoms with Gasteiger partial charge in [-0.05, 0) is 35.0 Å². The van der Waals surface area contributed by atoms with Crippen LogP contribution < -0.4 is 4.90 Å². The molecule has 5 rings (SSSR count). The van der Waals surface area contributed by atoms with Gasteiger partial charge in [-0.3, -0.25) is 19.7 Å². The smallest absolute Gasteiger partial charge is 0.278 e. The number of oxime groups is 1. The van der Waals surface area contributed by atoms with Crippen molar-refractivity contribution in [3.63, 3.8) is 0 Å². The number of carbonyl (C=O) groups excluding carboxylic acids is 2. The molecule has 0 aliphatic carbocycles. The number of hydrogen-bond acceptors (Lipinski definition) is 6. The number of rotatable bonds is 3. The minimum Gasteiger partial charge on any atom is -0.381 e. The highest BCUT2D eigenvalue weighted by molar-refractivity contribution is 6.32. The standard InChI is InChI=1S/C21H13N3O5/c25-20-17-18(13-6-8-15(9-7-13)24(27)28)22-29-19(17)21(26)23(20)16-10-5-12-3-1-2-4-14(12)11-16/h1-11,17,19H. The van der Waals surface area contributed by atoms with E-state index in [-0.39, 0.29) is 5.69 Å². The van der Waals surface area contributed by atoms with Crippen molar-refractivity contribution in [2.45, 2.75) is 6.10 Å². The SMILES string of the molecule is O=C1C2ON=C(c3ccc([N+](=O)[O-])cc3)C2C(=O)N1c1ccc2ccccc2c1. The van der Waals surface area contributed by atoms with Crippen molar-refractivity contribution in [1.82, 2.24) is 0 Å². The van der Waals surface area contributed by atoms with E-state index in [1.807, 2.05) is 30.3 Å². The summed E-state index contributed by atoms with van der Waals surface area (Å²) >= 11 is 0. The van der Waals surface area contributed by atoms with Crippen LogP contribution in [0, 0.1) is 16.0 Å². The molecule has 0 radical (unpaired) electrons. The molecule has 2 atom stereocenters.